The van der Waals surface area contributed by atoms with Gasteiger partial charge in [0.15, 0.2) is 6.23 Å². The van der Waals surface area contributed by atoms with Gasteiger partial charge in [-0.1, -0.05) is 41.9 Å². The minimum Gasteiger partial charge on any atom is -0.464 e. The van der Waals surface area contributed by atoms with Crippen molar-refractivity contribution in [2.24, 2.45) is 0 Å². The van der Waals surface area contributed by atoms with E-state index in [4.69, 9.17) is 21.1 Å². The maximum Gasteiger partial charge on any atom is 0.337 e. The van der Waals surface area contributed by atoms with Crippen LogP contribution in [0.4, 0.5) is 5.69 Å². The first kappa shape index (κ1) is 21.1. The molecule has 0 radical (unpaired) electrons. The number of carbonyl (C=O) groups excluding carboxylic acids is 2. The molecule has 1 aliphatic heterocycles. The number of nitrogens with zero attached hydrogens (tertiary/aromatic N) is 2. The number of para-hydroxylation sites is 1. The third-order valence-corrected chi connectivity index (χ3v) is 4.80. The first-order chi connectivity index (χ1) is 14.0. The zero-order chi connectivity index (χ0) is 21.0. The Morgan fingerprint density at radius 2 is 1.62 bits per heavy atom. The van der Waals surface area contributed by atoms with Gasteiger partial charge in [0.25, 0.3) is 0 Å². The Balaban J connectivity index is 2.03. The smallest absolute Gasteiger partial charge is 0.337 e. The summed E-state index contributed by atoms with van der Waals surface area (Å²) in [5.74, 6) is -1.56. The number of aliphatic hydroxyl groups excluding tert-OH is 1. The molecule has 0 bridgehead atoms. The van der Waals surface area contributed by atoms with Gasteiger partial charge < -0.3 is 14.6 Å². The lowest BCUT2D eigenvalue weighted by molar-refractivity contribution is -0.170. The zero-order valence-electron chi connectivity index (χ0n) is 16.2. The topological polar surface area (TPSA) is 79.3 Å². The third kappa shape index (κ3) is 4.37. The van der Waals surface area contributed by atoms with E-state index < -0.39 is 24.2 Å². The third-order valence-electron chi connectivity index (χ3n) is 4.55. The summed E-state index contributed by atoms with van der Waals surface area (Å²) in [6.07, 6.45) is -1.21. The standard InChI is InChI=1S/C21H23ClN2O5/c1-3-28-20(26)18(21(27)29-4-2)24-19(25)16-7-5-6-8-17(16)23(24)13-14-9-11-15(22)12-10-14/h5-12,18-19,25H,3-4,13H2,1-2H3. The van der Waals surface area contributed by atoms with Crippen LogP contribution in [0.15, 0.2) is 48.5 Å². The minimum atomic E-state index is -1.44. The molecular formula is C21H23ClN2O5. The van der Waals surface area contributed by atoms with Crippen LogP contribution in [0.5, 0.6) is 0 Å². The number of ether oxygens (including phenoxy) is 2. The molecule has 1 N–H and O–H groups in total. The number of aliphatic hydroxyl groups is 1. The summed E-state index contributed by atoms with van der Waals surface area (Å²) in [5, 5.41) is 14.6. The molecule has 3 rings (SSSR count). The molecule has 1 heterocycles. The molecule has 154 valence electrons. The van der Waals surface area contributed by atoms with Crippen molar-refractivity contribution in [3.63, 3.8) is 0 Å². The Morgan fingerprint density at radius 1 is 1.03 bits per heavy atom. The van der Waals surface area contributed by atoms with Crippen molar-refractivity contribution in [1.29, 1.82) is 0 Å². The number of halogens is 1. The van der Waals surface area contributed by atoms with Gasteiger partial charge in [-0.3, -0.25) is 5.01 Å². The summed E-state index contributed by atoms with van der Waals surface area (Å²) in [5.41, 5.74) is 2.16. The van der Waals surface area contributed by atoms with Crippen LogP contribution < -0.4 is 5.01 Å². The number of anilines is 1. The van der Waals surface area contributed by atoms with Crippen molar-refractivity contribution in [3.8, 4) is 0 Å². The second kappa shape index (κ2) is 9.26. The molecule has 8 heteroatoms. The van der Waals surface area contributed by atoms with Crippen molar-refractivity contribution in [2.75, 3.05) is 18.2 Å². The molecule has 0 fully saturated rings. The fourth-order valence-corrected chi connectivity index (χ4v) is 3.43. The van der Waals surface area contributed by atoms with Crippen LogP contribution in [0.1, 0.15) is 31.2 Å². The van der Waals surface area contributed by atoms with Gasteiger partial charge in [0, 0.05) is 10.6 Å². The fourth-order valence-electron chi connectivity index (χ4n) is 3.30. The van der Waals surface area contributed by atoms with Crippen molar-refractivity contribution in [2.45, 2.75) is 32.7 Å². The van der Waals surface area contributed by atoms with Gasteiger partial charge in [-0.05, 0) is 37.6 Å². The molecule has 0 saturated carbocycles. The number of rotatable bonds is 7. The number of carbonyl (C=O) groups is 2. The van der Waals surface area contributed by atoms with Gasteiger partial charge in [0.1, 0.15) is 0 Å². The highest BCUT2D eigenvalue weighted by atomic mass is 35.5. The van der Waals surface area contributed by atoms with E-state index in [0.29, 0.717) is 22.8 Å². The summed E-state index contributed by atoms with van der Waals surface area (Å²) in [7, 11) is 0. The molecule has 7 nitrogen and oxygen atoms in total. The second-order valence-corrected chi connectivity index (χ2v) is 6.84. The van der Waals surface area contributed by atoms with Crippen molar-refractivity contribution in [3.05, 3.63) is 64.7 Å². The number of hydrogen-bond acceptors (Lipinski definition) is 7. The Bertz CT molecular complexity index is 856. The van der Waals surface area contributed by atoms with Crippen molar-refractivity contribution >= 4 is 29.2 Å². The predicted octanol–water partition coefficient (Wildman–Crippen LogP) is 3.06. The van der Waals surface area contributed by atoms with E-state index in [1.165, 1.54) is 5.01 Å². The first-order valence-electron chi connectivity index (χ1n) is 9.38. The molecule has 0 saturated heterocycles. The molecule has 2 aromatic rings. The second-order valence-electron chi connectivity index (χ2n) is 6.40. The average molecular weight is 419 g/mol. The van der Waals surface area contributed by atoms with E-state index in [2.05, 4.69) is 0 Å². The van der Waals surface area contributed by atoms with Crippen LogP contribution in [-0.2, 0) is 25.6 Å². The summed E-state index contributed by atoms with van der Waals surface area (Å²) < 4.78 is 10.2. The van der Waals surface area contributed by atoms with E-state index in [0.717, 1.165) is 5.56 Å². The molecule has 1 unspecified atom stereocenters. The average Bonchev–Trinajstić information content (AvgIpc) is 2.97. The number of hydrogen-bond donors (Lipinski definition) is 1. The van der Waals surface area contributed by atoms with Crippen LogP contribution >= 0.6 is 11.6 Å². The zero-order valence-corrected chi connectivity index (χ0v) is 17.0. The van der Waals surface area contributed by atoms with Crippen molar-refractivity contribution in [1.82, 2.24) is 5.01 Å². The Kier molecular flexibility index (Phi) is 6.74. The van der Waals surface area contributed by atoms with E-state index in [9.17, 15) is 14.7 Å². The molecule has 0 aliphatic carbocycles. The first-order valence-corrected chi connectivity index (χ1v) is 9.76. The van der Waals surface area contributed by atoms with E-state index in [-0.39, 0.29) is 13.2 Å². The Labute approximate surface area is 174 Å². The highest BCUT2D eigenvalue weighted by molar-refractivity contribution is 6.30. The van der Waals surface area contributed by atoms with Crippen LogP contribution in [0, 0.1) is 0 Å². The number of hydrazine groups is 1. The maximum absolute atomic E-state index is 12.7. The molecule has 1 atom stereocenters. The van der Waals surface area contributed by atoms with Gasteiger partial charge in [0.2, 0.25) is 6.04 Å². The van der Waals surface area contributed by atoms with E-state index >= 15 is 0 Å². The van der Waals surface area contributed by atoms with Gasteiger partial charge in [0.05, 0.1) is 25.4 Å². The lowest BCUT2D eigenvalue weighted by Crippen LogP contribution is -2.55. The van der Waals surface area contributed by atoms with E-state index in [1.54, 1.807) is 43.1 Å². The molecular weight excluding hydrogens is 396 g/mol. The SMILES string of the molecule is CCOC(=O)C(C(=O)OCC)N1C(O)c2ccccc2N1Cc1ccc(Cl)cc1. The highest BCUT2D eigenvalue weighted by Gasteiger charge is 2.47. The van der Waals surface area contributed by atoms with Gasteiger partial charge in [-0.25, -0.2) is 9.59 Å². The van der Waals surface area contributed by atoms with Crippen molar-refractivity contribution < 1.29 is 24.2 Å². The van der Waals surface area contributed by atoms with Gasteiger partial charge >= 0.3 is 11.9 Å². The van der Waals surface area contributed by atoms with Crippen LogP contribution in [0.2, 0.25) is 5.02 Å². The molecule has 0 aromatic heterocycles. The number of esters is 2. The highest BCUT2D eigenvalue weighted by Crippen LogP contribution is 2.41. The number of benzene rings is 2. The summed E-state index contributed by atoms with van der Waals surface area (Å²) in [4.78, 5) is 25.3. The molecule has 0 spiro atoms. The minimum absolute atomic E-state index is 0.100. The lowest BCUT2D eigenvalue weighted by Gasteiger charge is -2.35. The Hall–Kier alpha value is -2.61. The predicted molar refractivity (Wildman–Crippen MR) is 108 cm³/mol. The van der Waals surface area contributed by atoms with Crippen LogP contribution in [-0.4, -0.2) is 41.3 Å². The Morgan fingerprint density at radius 3 is 2.21 bits per heavy atom. The van der Waals surface area contributed by atoms with Gasteiger partial charge in [-0.15, -0.1) is 0 Å². The van der Waals surface area contributed by atoms with E-state index in [1.807, 2.05) is 24.3 Å². The van der Waals surface area contributed by atoms with Crippen LogP contribution in [0.25, 0.3) is 0 Å². The molecule has 29 heavy (non-hydrogen) atoms. The van der Waals surface area contributed by atoms with Gasteiger partial charge in [-0.2, -0.15) is 5.01 Å². The summed E-state index contributed by atoms with van der Waals surface area (Å²) >= 11 is 5.98. The summed E-state index contributed by atoms with van der Waals surface area (Å²) in [6, 6.07) is 13.0. The fraction of sp³-hybridized carbons (Fsp3) is 0.333. The maximum atomic E-state index is 12.7. The monoisotopic (exact) mass is 418 g/mol. The molecule has 2 aromatic carbocycles. The normalized spacial score (nSPS) is 16.0. The van der Waals surface area contributed by atoms with Crippen LogP contribution in [0.3, 0.4) is 0 Å². The summed E-state index contributed by atoms with van der Waals surface area (Å²) in [6.45, 7) is 3.81. The largest absolute Gasteiger partial charge is 0.464 e. The number of fused-ring (bicyclic) bond motifs is 1. The molecule has 0 amide bonds. The molecule has 1 aliphatic rings. The quantitative estimate of drug-likeness (QED) is 0.546. The lowest BCUT2D eigenvalue weighted by atomic mass is 10.1.